The minimum absolute atomic E-state index is 0.192. The van der Waals surface area contributed by atoms with E-state index in [9.17, 15) is 4.79 Å². The van der Waals surface area contributed by atoms with Gasteiger partial charge in [0.15, 0.2) is 0 Å². The molecule has 0 unspecified atom stereocenters. The average Bonchev–Trinajstić information content (AvgIpc) is 2.28. The van der Waals surface area contributed by atoms with Crippen molar-refractivity contribution in [2.45, 2.75) is 52.2 Å². The van der Waals surface area contributed by atoms with E-state index < -0.39 is 0 Å². The maximum Gasteiger partial charge on any atom is 0.223 e. The molecular formula is C13H26N2O2. The fraction of sp³-hybridized carbons (Fsp3) is 0.923. The van der Waals surface area contributed by atoms with Crippen molar-refractivity contribution in [1.29, 1.82) is 0 Å². The van der Waals surface area contributed by atoms with Crippen LogP contribution in [0.2, 0.25) is 0 Å². The Morgan fingerprint density at radius 1 is 1.53 bits per heavy atom. The Hall–Kier alpha value is -0.610. The summed E-state index contributed by atoms with van der Waals surface area (Å²) in [6.07, 6.45) is 3.08. The fourth-order valence-electron chi connectivity index (χ4n) is 2.12. The lowest BCUT2D eigenvalue weighted by atomic mass is 9.92. The quantitative estimate of drug-likeness (QED) is 0.690. The number of hydrogen-bond donors (Lipinski definition) is 2. The number of rotatable bonds is 6. The third-order valence-corrected chi connectivity index (χ3v) is 3.07. The van der Waals surface area contributed by atoms with Crippen molar-refractivity contribution in [3.8, 4) is 0 Å². The number of amides is 1. The predicted octanol–water partition coefficient (Wildman–Crippen LogP) is 1.31. The second kappa shape index (κ2) is 7.67. The number of ether oxygens (including phenoxy) is 1. The number of carbonyl (C=O) groups is 1. The van der Waals surface area contributed by atoms with E-state index in [1.165, 1.54) is 0 Å². The molecule has 1 aliphatic rings. The highest BCUT2D eigenvalue weighted by atomic mass is 16.5. The van der Waals surface area contributed by atoms with Crippen molar-refractivity contribution in [3.05, 3.63) is 0 Å². The summed E-state index contributed by atoms with van der Waals surface area (Å²) in [7, 11) is 0. The number of hydrogen-bond acceptors (Lipinski definition) is 3. The molecule has 1 rings (SSSR count). The Bertz CT molecular complexity index is 231. The van der Waals surface area contributed by atoms with E-state index in [1.54, 1.807) is 0 Å². The summed E-state index contributed by atoms with van der Waals surface area (Å²) < 4.78 is 5.42. The van der Waals surface area contributed by atoms with Crippen molar-refractivity contribution in [2.24, 2.45) is 5.92 Å². The normalized spacial score (nSPS) is 24.9. The molecule has 4 heteroatoms. The zero-order valence-electron chi connectivity index (χ0n) is 11.3. The molecule has 0 saturated carbocycles. The molecule has 0 bridgehead atoms. The van der Waals surface area contributed by atoms with Crippen LogP contribution in [-0.2, 0) is 9.53 Å². The first-order valence-electron chi connectivity index (χ1n) is 6.72. The van der Waals surface area contributed by atoms with E-state index in [0.29, 0.717) is 6.04 Å². The van der Waals surface area contributed by atoms with Crippen LogP contribution in [0.25, 0.3) is 0 Å². The molecule has 17 heavy (non-hydrogen) atoms. The highest BCUT2D eigenvalue weighted by Gasteiger charge is 2.23. The molecule has 1 amide bonds. The first kappa shape index (κ1) is 14.5. The Balaban J connectivity index is 2.08. The fourth-order valence-corrected chi connectivity index (χ4v) is 2.12. The van der Waals surface area contributed by atoms with Crippen LogP contribution in [0, 0.1) is 5.92 Å². The summed E-state index contributed by atoms with van der Waals surface area (Å²) in [5.41, 5.74) is 0. The monoisotopic (exact) mass is 242 g/mol. The summed E-state index contributed by atoms with van der Waals surface area (Å²) in [6.45, 7) is 8.58. The average molecular weight is 242 g/mol. The Labute approximate surface area is 104 Å². The lowest BCUT2D eigenvalue weighted by molar-refractivity contribution is -0.126. The minimum Gasteiger partial charge on any atom is -0.379 e. The topological polar surface area (TPSA) is 50.4 Å². The second-order valence-electron chi connectivity index (χ2n) is 5.14. The van der Waals surface area contributed by atoms with Gasteiger partial charge in [-0.05, 0) is 46.6 Å². The zero-order chi connectivity index (χ0) is 12.7. The van der Waals surface area contributed by atoms with Crippen LogP contribution >= 0.6 is 0 Å². The van der Waals surface area contributed by atoms with Gasteiger partial charge >= 0.3 is 0 Å². The summed E-state index contributed by atoms with van der Waals surface area (Å²) in [5.74, 6) is 0.403. The van der Waals surface area contributed by atoms with Gasteiger partial charge in [-0.1, -0.05) is 0 Å². The lowest BCUT2D eigenvalue weighted by Gasteiger charge is -2.27. The van der Waals surface area contributed by atoms with Crippen molar-refractivity contribution >= 4 is 5.91 Å². The molecule has 0 aliphatic carbocycles. The summed E-state index contributed by atoms with van der Waals surface area (Å²) in [5, 5.41) is 6.36. The van der Waals surface area contributed by atoms with Gasteiger partial charge in [-0.2, -0.15) is 0 Å². The van der Waals surface area contributed by atoms with Gasteiger partial charge in [0, 0.05) is 25.1 Å². The van der Waals surface area contributed by atoms with Crippen LogP contribution in [0.15, 0.2) is 0 Å². The number of nitrogens with one attached hydrogen (secondary N) is 2. The Morgan fingerprint density at radius 3 is 2.94 bits per heavy atom. The standard InChI is InChI=1S/C13H26N2O2/c1-10(2)17-8-4-6-15-13(16)12-5-7-14-11(3)9-12/h10-12,14H,4-9H2,1-3H3,(H,15,16)/t11-,12-/m0/s1. The number of carbonyl (C=O) groups excluding carboxylic acids is 1. The molecule has 2 N–H and O–H groups in total. The maximum atomic E-state index is 11.9. The van der Waals surface area contributed by atoms with Crippen LogP contribution in [0.5, 0.6) is 0 Å². The van der Waals surface area contributed by atoms with Gasteiger partial charge in [-0.3, -0.25) is 4.79 Å². The van der Waals surface area contributed by atoms with E-state index in [1.807, 2.05) is 13.8 Å². The highest BCUT2D eigenvalue weighted by molar-refractivity contribution is 5.78. The summed E-state index contributed by atoms with van der Waals surface area (Å²) in [4.78, 5) is 11.9. The molecular weight excluding hydrogens is 216 g/mol. The van der Waals surface area contributed by atoms with Crippen molar-refractivity contribution in [2.75, 3.05) is 19.7 Å². The third kappa shape index (κ3) is 6.03. The SMILES string of the molecule is CC(C)OCCCNC(=O)[C@H]1CCN[C@@H](C)C1. The van der Waals surface area contributed by atoms with Crippen LogP contribution in [0.3, 0.4) is 0 Å². The molecule has 1 fully saturated rings. The van der Waals surface area contributed by atoms with Crippen LogP contribution in [0.1, 0.15) is 40.0 Å². The molecule has 4 nitrogen and oxygen atoms in total. The molecule has 0 aromatic heterocycles. The molecule has 100 valence electrons. The molecule has 0 spiro atoms. The maximum absolute atomic E-state index is 11.9. The lowest BCUT2D eigenvalue weighted by Crippen LogP contribution is -2.42. The van der Waals surface area contributed by atoms with Crippen LogP contribution in [0.4, 0.5) is 0 Å². The van der Waals surface area contributed by atoms with Gasteiger partial charge < -0.3 is 15.4 Å². The summed E-state index contributed by atoms with van der Waals surface area (Å²) in [6, 6.07) is 0.462. The van der Waals surface area contributed by atoms with Gasteiger partial charge in [0.25, 0.3) is 0 Å². The van der Waals surface area contributed by atoms with Gasteiger partial charge in [0.2, 0.25) is 5.91 Å². The zero-order valence-corrected chi connectivity index (χ0v) is 11.3. The van der Waals surface area contributed by atoms with Crippen LogP contribution in [-0.4, -0.2) is 37.7 Å². The Morgan fingerprint density at radius 2 is 2.29 bits per heavy atom. The molecule has 0 aromatic rings. The molecule has 1 aliphatic heterocycles. The van der Waals surface area contributed by atoms with E-state index >= 15 is 0 Å². The predicted molar refractivity (Wildman–Crippen MR) is 68.9 cm³/mol. The first-order chi connectivity index (χ1) is 8.09. The van der Waals surface area contributed by atoms with Gasteiger partial charge in [0.05, 0.1) is 6.10 Å². The third-order valence-electron chi connectivity index (χ3n) is 3.07. The number of piperidine rings is 1. The molecule has 1 saturated heterocycles. The smallest absolute Gasteiger partial charge is 0.223 e. The van der Waals surface area contributed by atoms with Gasteiger partial charge in [-0.15, -0.1) is 0 Å². The first-order valence-corrected chi connectivity index (χ1v) is 6.72. The van der Waals surface area contributed by atoms with Crippen molar-refractivity contribution in [3.63, 3.8) is 0 Å². The minimum atomic E-state index is 0.192. The van der Waals surface area contributed by atoms with E-state index in [2.05, 4.69) is 17.6 Å². The van der Waals surface area contributed by atoms with Gasteiger partial charge in [-0.25, -0.2) is 0 Å². The van der Waals surface area contributed by atoms with Crippen molar-refractivity contribution in [1.82, 2.24) is 10.6 Å². The second-order valence-corrected chi connectivity index (χ2v) is 5.14. The molecule has 2 atom stereocenters. The molecule has 0 aromatic carbocycles. The van der Waals surface area contributed by atoms with Gasteiger partial charge in [0.1, 0.15) is 0 Å². The van der Waals surface area contributed by atoms with E-state index in [-0.39, 0.29) is 17.9 Å². The largest absolute Gasteiger partial charge is 0.379 e. The Kier molecular flexibility index (Phi) is 6.52. The molecule has 1 heterocycles. The molecule has 0 radical (unpaired) electrons. The highest BCUT2D eigenvalue weighted by Crippen LogP contribution is 2.15. The van der Waals surface area contributed by atoms with Crippen molar-refractivity contribution < 1.29 is 9.53 Å². The van der Waals surface area contributed by atoms with Crippen LogP contribution < -0.4 is 10.6 Å². The van der Waals surface area contributed by atoms with E-state index in [0.717, 1.165) is 39.0 Å². The summed E-state index contributed by atoms with van der Waals surface area (Å²) >= 11 is 0. The van der Waals surface area contributed by atoms with E-state index in [4.69, 9.17) is 4.74 Å².